The third-order valence-electron chi connectivity index (χ3n) is 5.50. The number of amides is 1. The number of imidazole rings is 1. The Morgan fingerprint density at radius 2 is 1.97 bits per heavy atom. The van der Waals surface area contributed by atoms with Crippen molar-refractivity contribution < 1.29 is 4.79 Å². The fraction of sp³-hybridized carbons (Fsp3) is 0.273. The number of nitrogens with one attached hydrogen (secondary N) is 2. The molecule has 4 aromatic rings. The number of aryl methyl sites for hydroxylation is 2. The summed E-state index contributed by atoms with van der Waals surface area (Å²) in [6.07, 6.45) is 4.67. The van der Waals surface area contributed by atoms with Gasteiger partial charge in [-0.3, -0.25) is 9.59 Å². The summed E-state index contributed by atoms with van der Waals surface area (Å²) in [5, 5.41) is 10.7. The minimum atomic E-state index is -0.255. The first-order valence-electron chi connectivity index (χ1n) is 9.94. The molecule has 3 heterocycles. The van der Waals surface area contributed by atoms with Gasteiger partial charge in [0.05, 0.1) is 28.5 Å². The first-order valence-corrected chi connectivity index (χ1v) is 9.94. The van der Waals surface area contributed by atoms with E-state index in [2.05, 4.69) is 20.1 Å². The van der Waals surface area contributed by atoms with E-state index >= 15 is 0 Å². The first kappa shape index (κ1) is 17.6. The maximum absolute atomic E-state index is 12.6. The number of rotatable bonds is 3. The van der Waals surface area contributed by atoms with E-state index in [-0.39, 0.29) is 17.9 Å². The zero-order valence-corrected chi connectivity index (χ0v) is 15.9. The maximum atomic E-state index is 12.6. The summed E-state index contributed by atoms with van der Waals surface area (Å²) >= 11 is 0. The van der Waals surface area contributed by atoms with Crippen molar-refractivity contribution >= 4 is 33.4 Å². The monoisotopic (exact) mass is 387 g/mol. The van der Waals surface area contributed by atoms with Crippen molar-refractivity contribution in [2.24, 2.45) is 0 Å². The van der Waals surface area contributed by atoms with Crippen LogP contribution in [-0.4, -0.2) is 25.7 Å². The number of hydrogen-bond donors (Lipinski definition) is 2. The number of hydrogen-bond acceptors (Lipinski definition) is 4. The Kier molecular flexibility index (Phi) is 4.35. The van der Waals surface area contributed by atoms with Crippen LogP contribution in [0.1, 0.15) is 30.8 Å². The summed E-state index contributed by atoms with van der Waals surface area (Å²) < 4.78 is 2.30. The molecule has 0 atom stereocenters. The van der Waals surface area contributed by atoms with E-state index in [9.17, 15) is 9.59 Å². The average Bonchev–Trinajstić information content (AvgIpc) is 2.90. The molecule has 2 aromatic carbocycles. The predicted molar refractivity (Wildman–Crippen MR) is 112 cm³/mol. The zero-order chi connectivity index (χ0) is 19.8. The summed E-state index contributed by atoms with van der Waals surface area (Å²) in [5.74, 6) is 0.944. The molecule has 0 aliphatic carbocycles. The van der Waals surface area contributed by atoms with Crippen LogP contribution in [0.15, 0.2) is 47.3 Å². The molecule has 0 unspecified atom stereocenters. The van der Waals surface area contributed by atoms with Crippen LogP contribution in [0.3, 0.4) is 0 Å². The molecule has 1 aliphatic rings. The van der Waals surface area contributed by atoms with Gasteiger partial charge in [-0.25, -0.2) is 10.1 Å². The van der Waals surface area contributed by atoms with Crippen molar-refractivity contribution in [3.05, 3.63) is 64.3 Å². The number of benzene rings is 2. The van der Waals surface area contributed by atoms with Crippen LogP contribution in [0.25, 0.3) is 21.8 Å². The fourth-order valence-electron chi connectivity index (χ4n) is 4.09. The average molecular weight is 387 g/mol. The van der Waals surface area contributed by atoms with Gasteiger partial charge in [0.2, 0.25) is 5.91 Å². The Balaban J connectivity index is 1.39. The molecule has 7 heteroatoms. The Hall–Kier alpha value is -3.48. The lowest BCUT2D eigenvalue weighted by Crippen LogP contribution is -2.18. The van der Waals surface area contributed by atoms with Gasteiger partial charge >= 0.3 is 0 Å². The standard InChI is InChI=1S/C22H21N5O2/c28-21(13-17-15-6-3-4-7-16(15)22(29)26-25-17)23-14-9-10-19-18(12-14)24-20-8-2-1-5-11-27(19)20/h3-4,6-7,9-10,12H,1-2,5,8,11,13H2,(H,23,28)(H,26,29). The van der Waals surface area contributed by atoms with E-state index in [1.807, 2.05) is 30.3 Å². The van der Waals surface area contributed by atoms with E-state index in [0.29, 0.717) is 22.2 Å². The Labute approximate surface area is 166 Å². The number of fused-ring (bicyclic) bond motifs is 4. The highest BCUT2D eigenvalue weighted by atomic mass is 16.1. The molecule has 0 saturated carbocycles. The van der Waals surface area contributed by atoms with Gasteiger partial charge in [-0.05, 0) is 37.1 Å². The molecule has 146 valence electrons. The van der Waals surface area contributed by atoms with Crippen LogP contribution in [0.2, 0.25) is 0 Å². The molecule has 2 N–H and O–H groups in total. The molecule has 29 heavy (non-hydrogen) atoms. The third kappa shape index (κ3) is 3.29. The van der Waals surface area contributed by atoms with E-state index in [1.54, 1.807) is 12.1 Å². The molecule has 7 nitrogen and oxygen atoms in total. The SMILES string of the molecule is O=C(Cc1n[nH]c(=O)c2ccccc12)Nc1ccc2c(c1)nc1n2CCCCC1. The molecule has 1 aliphatic heterocycles. The van der Waals surface area contributed by atoms with Gasteiger partial charge in [0, 0.05) is 24.0 Å². The smallest absolute Gasteiger partial charge is 0.272 e. The van der Waals surface area contributed by atoms with Crippen molar-refractivity contribution in [1.29, 1.82) is 0 Å². The van der Waals surface area contributed by atoms with Crippen LogP contribution < -0.4 is 10.9 Å². The molecule has 2 aromatic heterocycles. The molecule has 5 rings (SSSR count). The second-order valence-electron chi connectivity index (χ2n) is 7.46. The summed E-state index contributed by atoms with van der Waals surface area (Å²) in [6, 6.07) is 13.0. The van der Waals surface area contributed by atoms with Gasteiger partial charge in [0.15, 0.2) is 0 Å². The van der Waals surface area contributed by atoms with E-state index in [4.69, 9.17) is 4.98 Å². The Morgan fingerprint density at radius 1 is 1.10 bits per heavy atom. The molecule has 0 saturated heterocycles. The normalized spacial score (nSPS) is 13.9. The largest absolute Gasteiger partial charge is 0.328 e. The Bertz CT molecular complexity index is 1290. The molecular weight excluding hydrogens is 366 g/mol. The molecule has 0 radical (unpaired) electrons. The van der Waals surface area contributed by atoms with Gasteiger partial charge in [-0.1, -0.05) is 24.6 Å². The number of aromatic nitrogens is 4. The van der Waals surface area contributed by atoms with Crippen LogP contribution in [0.4, 0.5) is 5.69 Å². The van der Waals surface area contributed by atoms with Crippen LogP contribution in [0, 0.1) is 0 Å². The van der Waals surface area contributed by atoms with Crippen molar-refractivity contribution in [2.45, 2.75) is 38.6 Å². The first-order chi connectivity index (χ1) is 14.2. The van der Waals surface area contributed by atoms with Crippen LogP contribution in [-0.2, 0) is 24.2 Å². The van der Waals surface area contributed by atoms with Gasteiger partial charge in [-0.15, -0.1) is 0 Å². The van der Waals surface area contributed by atoms with Crippen molar-refractivity contribution in [1.82, 2.24) is 19.7 Å². The second kappa shape index (κ2) is 7.16. The minimum Gasteiger partial charge on any atom is -0.328 e. The molecule has 1 amide bonds. The number of carbonyl (C=O) groups excluding carboxylic acids is 1. The van der Waals surface area contributed by atoms with Gasteiger partial charge in [-0.2, -0.15) is 5.10 Å². The lowest BCUT2D eigenvalue weighted by Gasteiger charge is -2.08. The van der Waals surface area contributed by atoms with E-state index in [1.165, 1.54) is 19.3 Å². The van der Waals surface area contributed by atoms with Crippen LogP contribution in [0.5, 0.6) is 0 Å². The molecular formula is C22H21N5O2. The van der Waals surface area contributed by atoms with E-state index in [0.717, 1.165) is 29.8 Å². The highest BCUT2D eigenvalue weighted by Crippen LogP contribution is 2.24. The number of carbonyl (C=O) groups is 1. The van der Waals surface area contributed by atoms with Crippen molar-refractivity contribution in [2.75, 3.05) is 5.32 Å². The highest BCUT2D eigenvalue weighted by Gasteiger charge is 2.15. The lowest BCUT2D eigenvalue weighted by molar-refractivity contribution is -0.115. The predicted octanol–water partition coefficient (Wildman–Crippen LogP) is 3.18. The molecule has 0 bridgehead atoms. The minimum absolute atomic E-state index is 0.0784. The molecule has 0 spiro atoms. The summed E-state index contributed by atoms with van der Waals surface area (Å²) in [4.78, 5) is 29.3. The van der Waals surface area contributed by atoms with Crippen molar-refractivity contribution in [3.8, 4) is 0 Å². The number of nitrogens with zero attached hydrogens (tertiary/aromatic N) is 3. The van der Waals surface area contributed by atoms with Gasteiger partial charge < -0.3 is 9.88 Å². The number of H-pyrrole nitrogens is 1. The summed E-state index contributed by atoms with van der Waals surface area (Å²) in [7, 11) is 0. The molecule has 0 fully saturated rings. The lowest BCUT2D eigenvalue weighted by atomic mass is 10.1. The van der Waals surface area contributed by atoms with Crippen molar-refractivity contribution in [3.63, 3.8) is 0 Å². The summed E-state index contributed by atoms with van der Waals surface area (Å²) in [6.45, 7) is 1.00. The zero-order valence-electron chi connectivity index (χ0n) is 15.9. The van der Waals surface area contributed by atoms with E-state index < -0.39 is 0 Å². The number of anilines is 1. The summed E-state index contributed by atoms with van der Waals surface area (Å²) in [5.41, 5.74) is 3.03. The van der Waals surface area contributed by atoms with Gasteiger partial charge in [0.1, 0.15) is 5.82 Å². The van der Waals surface area contributed by atoms with Gasteiger partial charge in [0.25, 0.3) is 5.56 Å². The topological polar surface area (TPSA) is 92.7 Å². The Morgan fingerprint density at radius 3 is 2.86 bits per heavy atom. The second-order valence-corrected chi connectivity index (χ2v) is 7.46. The maximum Gasteiger partial charge on any atom is 0.272 e. The number of aromatic amines is 1. The van der Waals surface area contributed by atoms with Crippen LogP contribution >= 0.6 is 0 Å². The third-order valence-corrected chi connectivity index (χ3v) is 5.50. The fourth-order valence-corrected chi connectivity index (χ4v) is 4.09. The quantitative estimate of drug-likeness (QED) is 0.565. The highest BCUT2D eigenvalue weighted by molar-refractivity contribution is 5.96.